The van der Waals surface area contributed by atoms with E-state index in [0.717, 1.165) is 0 Å². The molecule has 0 aromatic carbocycles. The first-order chi connectivity index (χ1) is 19.0. The van der Waals surface area contributed by atoms with Gasteiger partial charge in [-0.25, -0.2) is 24.5 Å². The maximum absolute atomic E-state index is 11.5. The van der Waals surface area contributed by atoms with E-state index in [9.17, 15) is 19.2 Å². The number of aliphatic hydroxyl groups excluding tert-OH is 1. The Balaban J connectivity index is 0.000000552. The molecule has 216 valence electrons. The molecule has 0 aliphatic heterocycles. The van der Waals surface area contributed by atoms with E-state index < -0.39 is 17.9 Å². The zero-order valence-corrected chi connectivity index (χ0v) is 22.4. The van der Waals surface area contributed by atoms with Gasteiger partial charge in [-0.3, -0.25) is 9.59 Å². The molecular weight excluding hydrogens is 524 g/mol. The van der Waals surface area contributed by atoms with Crippen molar-refractivity contribution < 1.29 is 38.9 Å². The number of esters is 2. The summed E-state index contributed by atoms with van der Waals surface area (Å²) in [7, 11) is 0. The van der Waals surface area contributed by atoms with Crippen LogP contribution in [-0.2, 0) is 14.3 Å². The van der Waals surface area contributed by atoms with Crippen molar-refractivity contribution in [3.63, 3.8) is 0 Å². The zero-order chi connectivity index (χ0) is 30.5. The number of carboxylic acid groups (broad SMARTS) is 1. The average Bonchev–Trinajstić information content (AvgIpc) is 2.90. The Kier molecular flexibility index (Phi) is 17.4. The Bertz CT molecular complexity index is 1240. The molecule has 14 heteroatoms. The van der Waals surface area contributed by atoms with Gasteiger partial charge in [0.1, 0.15) is 29.6 Å². The summed E-state index contributed by atoms with van der Waals surface area (Å²) < 4.78 is 9.37. The van der Waals surface area contributed by atoms with Gasteiger partial charge in [-0.2, -0.15) is 0 Å². The van der Waals surface area contributed by atoms with Gasteiger partial charge >= 0.3 is 17.9 Å². The van der Waals surface area contributed by atoms with Gasteiger partial charge in [-0.15, -0.1) is 0 Å². The van der Waals surface area contributed by atoms with Crippen molar-refractivity contribution in [1.82, 2.24) is 15.0 Å². The molecule has 14 nitrogen and oxygen atoms in total. The molecule has 0 saturated heterocycles. The fraction of sp³-hybridized carbons (Fsp3) is 0.269. The molecule has 0 bridgehead atoms. The van der Waals surface area contributed by atoms with Crippen LogP contribution in [0.3, 0.4) is 0 Å². The van der Waals surface area contributed by atoms with Crippen LogP contribution in [0.2, 0.25) is 0 Å². The number of Topliss-reactive ketones (excluding diaryl/α,β-unsaturated/α-hetero) is 1. The number of rotatable bonds is 7. The van der Waals surface area contributed by atoms with Gasteiger partial charge in [0.2, 0.25) is 0 Å². The number of hydrogen-bond donors (Lipinski definition) is 5. The number of hydrogen-bond acceptors (Lipinski definition) is 13. The van der Waals surface area contributed by atoms with Crippen LogP contribution < -0.4 is 17.2 Å². The second-order valence-corrected chi connectivity index (χ2v) is 7.09. The molecule has 0 fully saturated rings. The van der Waals surface area contributed by atoms with Gasteiger partial charge < -0.3 is 36.9 Å². The number of aromatic nitrogens is 3. The van der Waals surface area contributed by atoms with Gasteiger partial charge in [0.05, 0.1) is 13.2 Å². The summed E-state index contributed by atoms with van der Waals surface area (Å²) in [5, 5.41) is 16.0. The number of nitrogens with two attached hydrogens (primary N) is 3. The van der Waals surface area contributed by atoms with Crippen LogP contribution in [0.4, 0.5) is 17.5 Å². The molecule has 0 amide bonds. The molecule has 0 atom stereocenters. The molecule has 3 aromatic heterocycles. The van der Waals surface area contributed by atoms with Crippen LogP contribution in [0.1, 0.15) is 58.7 Å². The molecule has 0 radical (unpaired) electrons. The van der Waals surface area contributed by atoms with Crippen LogP contribution >= 0.6 is 0 Å². The van der Waals surface area contributed by atoms with E-state index in [1.807, 2.05) is 0 Å². The summed E-state index contributed by atoms with van der Waals surface area (Å²) in [4.78, 5) is 54.9. The van der Waals surface area contributed by atoms with E-state index in [4.69, 9.17) is 32.2 Å². The van der Waals surface area contributed by atoms with E-state index in [2.05, 4.69) is 19.7 Å². The van der Waals surface area contributed by atoms with Crippen molar-refractivity contribution in [3.8, 4) is 0 Å². The number of carbonyl (C=O) groups excluding carboxylic acids is 3. The Morgan fingerprint density at radius 2 is 1.10 bits per heavy atom. The zero-order valence-electron chi connectivity index (χ0n) is 22.4. The third-order valence-corrected chi connectivity index (χ3v) is 3.91. The quantitative estimate of drug-likeness (QED) is 0.158. The highest BCUT2D eigenvalue weighted by molar-refractivity contribution is 6.04. The van der Waals surface area contributed by atoms with Gasteiger partial charge in [-0.05, 0) is 57.2 Å². The Morgan fingerprint density at radius 3 is 1.50 bits per heavy atom. The number of pyridine rings is 3. The van der Waals surface area contributed by atoms with Crippen molar-refractivity contribution in [1.29, 1.82) is 0 Å². The molecule has 40 heavy (non-hydrogen) atoms. The molecule has 0 saturated carbocycles. The second kappa shape index (κ2) is 19.9. The van der Waals surface area contributed by atoms with Crippen LogP contribution in [0.25, 0.3) is 0 Å². The van der Waals surface area contributed by atoms with E-state index in [0.29, 0.717) is 12.4 Å². The molecule has 0 unspecified atom stereocenters. The number of ketones is 1. The lowest BCUT2D eigenvalue weighted by Gasteiger charge is -2.01. The van der Waals surface area contributed by atoms with Crippen molar-refractivity contribution in [2.75, 3.05) is 37.0 Å². The Morgan fingerprint density at radius 1 is 0.700 bits per heavy atom. The van der Waals surface area contributed by atoms with Crippen molar-refractivity contribution in [2.45, 2.75) is 27.2 Å². The van der Waals surface area contributed by atoms with Gasteiger partial charge in [0.25, 0.3) is 0 Å². The summed E-state index contributed by atoms with van der Waals surface area (Å²) in [6.45, 7) is 5.96. The van der Waals surface area contributed by atoms with Crippen molar-refractivity contribution >= 4 is 41.1 Å². The third-order valence-electron chi connectivity index (χ3n) is 3.91. The minimum atomic E-state index is -1.06. The monoisotopic (exact) mass is 558 g/mol. The highest BCUT2D eigenvalue weighted by atomic mass is 16.5. The second-order valence-electron chi connectivity index (χ2n) is 7.09. The summed E-state index contributed by atoms with van der Waals surface area (Å²) in [5.74, 6) is -1.64. The number of anilines is 3. The molecule has 0 spiro atoms. The first kappa shape index (κ1) is 34.9. The van der Waals surface area contributed by atoms with E-state index in [-0.39, 0.29) is 54.1 Å². The summed E-state index contributed by atoms with van der Waals surface area (Å²) in [6.07, 6.45) is -0.301. The van der Waals surface area contributed by atoms with Gasteiger partial charge in [0, 0.05) is 6.61 Å². The van der Waals surface area contributed by atoms with E-state index in [1.165, 1.54) is 18.2 Å². The topological polar surface area (TPSA) is 244 Å². The average molecular weight is 559 g/mol. The smallest absolute Gasteiger partial charge is 0.356 e. The SMILES string of the molecule is CCO.CCOC(=O)CC(=O)c1cccc(N)n1.CCOC(=O)c1cccc(N)n1.Nc1cccc(C(=O)O)n1. The van der Waals surface area contributed by atoms with Crippen LogP contribution in [-0.4, -0.2) is 68.7 Å². The number of carboxylic acids is 1. The van der Waals surface area contributed by atoms with Crippen molar-refractivity contribution in [3.05, 3.63) is 71.7 Å². The lowest BCUT2D eigenvalue weighted by Crippen LogP contribution is -2.12. The fourth-order valence-corrected chi connectivity index (χ4v) is 2.38. The van der Waals surface area contributed by atoms with E-state index in [1.54, 1.807) is 57.2 Å². The summed E-state index contributed by atoms with van der Waals surface area (Å²) in [6, 6.07) is 14.0. The number of aliphatic hydroxyl groups is 1. The maximum atomic E-state index is 11.5. The van der Waals surface area contributed by atoms with Gasteiger partial charge in [0.15, 0.2) is 17.2 Å². The van der Waals surface area contributed by atoms with Crippen LogP contribution in [0.5, 0.6) is 0 Å². The highest BCUT2D eigenvalue weighted by Crippen LogP contribution is 2.05. The van der Waals surface area contributed by atoms with Crippen molar-refractivity contribution in [2.24, 2.45) is 0 Å². The first-order valence-electron chi connectivity index (χ1n) is 11.9. The number of carbonyl (C=O) groups is 4. The van der Waals surface area contributed by atoms with Crippen LogP contribution in [0.15, 0.2) is 54.6 Å². The maximum Gasteiger partial charge on any atom is 0.356 e. The minimum Gasteiger partial charge on any atom is -0.477 e. The molecule has 0 aliphatic carbocycles. The molecule has 3 aromatic rings. The van der Waals surface area contributed by atoms with Gasteiger partial charge in [-0.1, -0.05) is 18.2 Å². The normalized spacial score (nSPS) is 9.20. The van der Waals surface area contributed by atoms with Crippen LogP contribution in [0, 0.1) is 0 Å². The minimum absolute atomic E-state index is 0.0278. The summed E-state index contributed by atoms with van der Waals surface area (Å²) >= 11 is 0. The first-order valence-corrected chi connectivity index (χ1v) is 11.9. The standard InChI is InChI=1S/C10H12N2O3.C8H10N2O2.C6H6N2O2.C2H6O/c1-2-15-10(14)6-8(13)7-4-3-5-9(11)12-7;1-2-12-8(11)6-4-3-5-7(9)10-6;7-5-3-1-2-4(8-5)6(9)10;1-2-3/h3-5H,2,6H2,1H3,(H2,11,12);3-5H,2H2,1H3,(H2,9,10);1-3H,(H2,7,8)(H,9,10);3H,2H2,1H3. The molecule has 3 heterocycles. The third kappa shape index (κ3) is 15.2. The number of aromatic carboxylic acids is 1. The van der Waals surface area contributed by atoms with E-state index >= 15 is 0 Å². The summed E-state index contributed by atoms with van der Waals surface area (Å²) in [5.41, 5.74) is 16.4. The lowest BCUT2D eigenvalue weighted by atomic mass is 10.2. The molecule has 3 rings (SSSR count). The predicted octanol–water partition coefficient (Wildman–Crippen LogP) is 2.00. The Labute approximate surface area is 231 Å². The highest BCUT2D eigenvalue weighted by Gasteiger charge is 2.13. The molecular formula is C26H34N6O8. The lowest BCUT2D eigenvalue weighted by molar-refractivity contribution is -0.141. The molecule has 8 N–H and O–H groups in total. The Hall–Kier alpha value is -5.11. The number of nitrogen functional groups attached to an aromatic ring is 3. The predicted molar refractivity (Wildman–Crippen MR) is 147 cm³/mol. The molecule has 0 aliphatic rings. The number of nitrogens with zero attached hydrogens (tertiary/aromatic N) is 3. The largest absolute Gasteiger partial charge is 0.477 e. The number of ether oxygens (including phenoxy) is 2. The fourth-order valence-electron chi connectivity index (χ4n) is 2.38.